The number of halogens is 1. The topological polar surface area (TPSA) is 55.8 Å². The van der Waals surface area contributed by atoms with Crippen molar-refractivity contribution >= 4 is 22.9 Å². The van der Waals surface area contributed by atoms with Crippen molar-refractivity contribution in [3.8, 4) is 0 Å². The number of hydrogen-bond donors (Lipinski definition) is 0. The number of morpholine rings is 1. The molecule has 0 spiro atoms. The predicted molar refractivity (Wildman–Crippen MR) is 44.3 cm³/mol. The molecule has 0 aliphatic carbocycles. The van der Waals surface area contributed by atoms with Gasteiger partial charge >= 0.3 is 11.3 Å². The second kappa shape index (κ2) is 4.43. The summed E-state index contributed by atoms with van der Waals surface area (Å²) in [5.74, 6) is -0.460. The minimum atomic E-state index is -0.684. The van der Waals surface area contributed by atoms with E-state index in [1.807, 2.05) is 0 Å². The van der Waals surface area contributed by atoms with Crippen molar-refractivity contribution in [3.63, 3.8) is 0 Å². The number of carbonyl (C=O) groups excluding carboxylic acids is 2. The van der Waals surface area contributed by atoms with Crippen molar-refractivity contribution in [2.75, 3.05) is 19.8 Å². The molecule has 1 amide bonds. The van der Waals surface area contributed by atoms with Gasteiger partial charge in [0.2, 0.25) is 6.23 Å². The van der Waals surface area contributed by atoms with Crippen LogP contribution in [0.5, 0.6) is 0 Å². The second-order valence-electron chi connectivity index (χ2n) is 2.59. The first-order chi connectivity index (χ1) is 6.11. The lowest BCUT2D eigenvalue weighted by atomic mass is 10.4. The Morgan fingerprint density at radius 1 is 1.62 bits per heavy atom. The van der Waals surface area contributed by atoms with Crippen molar-refractivity contribution in [1.29, 1.82) is 0 Å². The van der Waals surface area contributed by atoms with Crippen LogP contribution in [0.1, 0.15) is 6.92 Å². The first-order valence-electron chi connectivity index (χ1n) is 3.82. The largest absolute Gasteiger partial charge is 0.439 e. The van der Waals surface area contributed by atoms with Gasteiger partial charge in [-0.15, -0.1) is 0 Å². The van der Waals surface area contributed by atoms with E-state index in [0.717, 1.165) is 0 Å². The summed E-state index contributed by atoms with van der Waals surface area (Å²) < 4.78 is 9.86. The highest BCUT2D eigenvalue weighted by atomic mass is 35.5. The van der Waals surface area contributed by atoms with Gasteiger partial charge in [0, 0.05) is 13.5 Å². The standard InChI is InChI=1S/C7H10ClNO4/c1-5(10)13-6-4-12-3-2-9(6)7(8)11/h6H,2-4H2,1H3. The maximum absolute atomic E-state index is 10.8. The SMILES string of the molecule is CC(=O)OC1COCCN1C(=O)Cl. The molecule has 1 heterocycles. The number of carbonyl (C=O) groups is 2. The third-order valence-corrected chi connectivity index (χ3v) is 1.83. The lowest BCUT2D eigenvalue weighted by Gasteiger charge is -2.32. The fraction of sp³-hybridized carbons (Fsp3) is 0.714. The third-order valence-electron chi connectivity index (χ3n) is 1.61. The van der Waals surface area contributed by atoms with Crippen LogP contribution in [-0.4, -0.2) is 42.2 Å². The van der Waals surface area contributed by atoms with Crippen LogP contribution in [0.15, 0.2) is 0 Å². The molecule has 0 saturated carbocycles. The fourth-order valence-corrected chi connectivity index (χ4v) is 1.26. The summed E-state index contributed by atoms with van der Waals surface area (Å²) in [7, 11) is 0. The molecule has 0 aromatic heterocycles. The van der Waals surface area contributed by atoms with E-state index >= 15 is 0 Å². The van der Waals surface area contributed by atoms with Gasteiger partial charge in [-0.2, -0.15) is 0 Å². The predicted octanol–water partition coefficient (Wildman–Crippen LogP) is 0.567. The minimum absolute atomic E-state index is 0.179. The van der Waals surface area contributed by atoms with E-state index in [9.17, 15) is 9.59 Å². The Morgan fingerprint density at radius 2 is 2.31 bits per heavy atom. The summed E-state index contributed by atoms with van der Waals surface area (Å²) in [4.78, 5) is 22.7. The first kappa shape index (κ1) is 10.3. The maximum atomic E-state index is 10.8. The fourth-order valence-electron chi connectivity index (χ4n) is 1.07. The molecule has 1 rings (SSSR count). The molecule has 1 atom stereocenters. The molecular formula is C7H10ClNO4. The van der Waals surface area contributed by atoms with Crippen LogP contribution in [0.4, 0.5) is 4.79 Å². The summed E-state index contributed by atoms with van der Waals surface area (Å²) in [5, 5.41) is -0.630. The zero-order valence-corrected chi connectivity index (χ0v) is 7.91. The summed E-state index contributed by atoms with van der Waals surface area (Å²) in [6.07, 6.45) is -0.684. The third kappa shape index (κ3) is 2.86. The number of hydrogen-bond acceptors (Lipinski definition) is 4. The van der Waals surface area contributed by atoms with Crippen LogP contribution in [-0.2, 0) is 14.3 Å². The van der Waals surface area contributed by atoms with E-state index in [1.165, 1.54) is 11.8 Å². The molecule has 1 unspecified atom stereocenters. The van der Waals surface area contributed by atoms with Gasteiger partial charge in [-0.3, -0.25) is 14.5 Å². The lowest BCUT2D eigenvalue weighted by Crippen LogP contribution is -2.48. The Kier molecular flexibility index (Phi) is 3.50. The van der Waals surface area contributed by atoms with E-state index in [1.54, 1.807) is 0 Å². The molecule has 74 valence electrons. The number of esters is 1. The summed E-state index contributed by atoms with van der Waals surface area (Å²) in [6.45, 7) is 2.21. The van der Waals surface area contributed by atoms with Gasteiger partial charge in [-0.05, 0) is 11.6 Å². The van der Waals surface area contributed by atoms with Crippen molar-refractivity contribution in [1.82, 2.24) is 4.90 Å². The Hall–Kier alpha value is -0.810. The number of amides is 1. The van der Waals surface area contributed by atoms with Crippen LogP contribution in [0.3, 0.4) is 0 Å². The number of nitrogens with zero attached hydrogens (tertiary/aromatic N) is 1. The van der Waals surface area contributed by atoms with Gasteiger partial charge in [0.25, 0.3) is 0 Å². The molecule has 5 nitrogen and oxygen atoms in total. The van der Waals surface area contributed by atoms with Gasteiger partial charge in [-0.25, -0.2) is 0 Å². The minimum Gasteiger partial charge on any atom is -0.439 e. The van der Waals surface area contributed by atoms with Crippen molar-refractivity contribution < 1.29 is 19.1 Å². The van der Waals surface area contributed by atoms with Crippen LogP contribution < -0.4 is 0 Å². The van der Waals surface area contributed by atoms with E-state index in [2.05, 4.69) is 0 Å². The highest BCUT2D eigenvalue weighted by Gasteiger charge is 2.28. The van der Waals surface area contributed by atoms with E-state index < -0.39 is 17.6 Å². The van der Waals surface area contributed by atoms with Gasteiger partial charge < -0.3 is 9.47 Å². The molecular weight excluding hydrogens is 198 g/mol. The molecule has 13 heavy (non-hydrogen) atoms. The number of rotatable bonds is 1. The summed E-state index contributed by atoms with van der Waals surface area (Å²) in [6, 6.07) is 0. The van der Waals surface area contributed by atoms with E-state index in [-0.39, 0.29) is 6.61 Å². The summed E-state index contributed by atoms with van der Waals surface area (Å²) >= 11 is 5.27. The van der Waals surface area contributed by atoms with Crippen LogP contribution in [0.25, 0.3) is 0 Å². The van der Waals surface area contributed by atoms with Gasteiger partial charge in [0.15, 0.2) is 0 Å². The highest BCUT2D eigenvalue weighted by Crippen LogP contribution is 2.11. The quantitative estimate of drug-likeness (QED) is 0.358. The summed E-state index contributed by atoms with van der Waals surface area (Å²) in [5.41, 5.74) is 0. The van der Waals surface area contributed by atoms with Gasteiger partial charge in [0.05, 0.1) is 6.61 Å². The average Bonchev–Trinajstić information content (AvgIpc) is 2.03. The van der Waals surface area contributed by atoms with Crippen LogP contribution in [0, 0.1) is 0 Å². The van der Waals surface area contributed by atoms with Crippen molar-refractivity contribution in [2.24, 2.45) is 0 Å². The Morgan fingerprint density at radius 3 is 2.85 bits per heavy atom. The zero-order valence-electron chi connectivity index (χ0n) is 7.16. The van der Waals surface area contributed by atoms with Gasteiger partial charge in [-0.1, -0.05) is 0 Å². The number of ether oxygens (including phenoxy) is 2. The van der Waals surface area contributed by atoms with E-state index in [0.29, 0.717) is 13.2 Å². The molecule has 0 bridgehead atoms. The zero-order chi connectivity index (χ0) is 9.84. The highest BCUT2D eigenvalue weighted by molar-refractivity contribution is 6.62. The van der Waals surface area contributed by atoms with Crippen molar-refractivity contribution in [3.05, 3.63) is 0 Å². The van der Waals surface area contributed by atoms with Crippen LogP contribution >= 0.6 is 11.6 Å². The Labute approximate surface area is 80.5 Å². The first-order valence-corrected chi connectivity index (χ1v) is 4.20. The van der Waals surface area contributed by atoms with Crippen molar-refractivity contribution in [2.45, 2.75) is 13.2 Å². The average molecular weight is 208 g/mol. The maximum Gasteiger partial charge on any atom is 0.319 e. The van der Waals surface area contributed by atoms with E-state index in [4.69, 9.17) is 21.1 Å². The molecule has 1 fully saturated rings. The van der Waals surface area contributed by atoms with Crippen LogP contribution in [0.2, 0.25) is 0 Å². The monoisotopic (exact) mass is 207 g/mol. The van der Waals surface area contributed by atoms with Gasteiger partial charge in [0.1, 0.15) is 6.61 Å². The molecule has 6 heteroatoms. The molecule has 0 aromatic rings. The lowest BCUT2D eigenvalue weighted by molar-refractivity contribution is -0.165. The molecule has 1 aliphatic heterocycles. The Balaban J connectivity index is 2.56. The molecule has 1 saturated heterocycles. The normalized spacial score (nSPS) is 22.6. The second-order valence-corrected chi connectivity index (χ2v) is 2.91. The molecule has 0 aromatic carbocycles. The molecule has 0 N–H and O–H groups in total. The molecule has 0 radical (unpaired) electrons. The Bertz CT molecular complexity index is 221. The smallest absolute Gasteiger partial charge is 0.319 e. The molecule has 1 aliphatic rings.